The fourth-order valence-corrected chi connectivity index (χ4v) is 3.72. The van der Waals surface area contributed by atoms with Crippen molar-refractivity contribution in [3.8, 4) is 5.75 Å². The van der Waals surface area contributed by atoms with Crippen LogP contribution in [0.5, 0.6) is 5.75 Å². The lowest BCUT2D eigenvalue weighted by Crippen LogP contribution is -2.29. The van der Waals surface area contributed by atoms with Crippen LogP contribution in [0.15, 0.2) is 78.9 Å². The van der Waals surface area contributed by atoms with Gasteiger partial charge in [0.25, 0.3) is 5.91 Å². The molecule has 3 rings (SSSR count). The lowest BCUT2D eigenvalue weighted by atomic mass is 10.1. The maximum atomic E-state index is 12.3. The highest BCUT2D eigenvalue weighted by molar-refractivity contribution is 7.92. The second kappa shape index (κ2) is 9.45. The Balaban J connectivity index is 1.64. The Bertz CT molecular complexity index is 1080. The fraction of sp³-hybridized carbons (Fsp3) is 0.174. The van der Waals surface area contributed by atoms with E-state index in [4.69, 9.17) is 4.74 Å². The molecule has 1 amide bonds. The molecule has 0 radical (unpaired) electrons. The van der Waals surface area contributed by atoms with Crippen LogP contribution in [0.1, 0.15) is 11.1 Å². The summed E-state index contributed by atoms with van der Waals surface area (Å²) in [5.41, 5.74) is 3.23. The van der Waals surface area contributed by atoms with Crippen LogP contribution in [0.3, 0.4) is 0 Å². The number of benzene rings is 3. The molecule has 0 aromatic heterocycles. The van der Waals surface area contributed by atoms with Crippen molar-refractivity contribution in [2.75, 3.05) is 22.5 Å². The maximum Gasteiger partial charge on any atom is 0.262 e. The van der Waals surface area contributed by atoms with Crippen molar-refractivity contribution < 1.29 is 17.9 Å². The van der Waals surface area contributed by atoms with E-state index in [1.54, 1.807) is 36.4 Å². The Morgan fingerprint density at radius 2 is 1.57 bits per heavy atom. The van der Waals surface area contributed by atoms with E-state index in [0.717, 1.165) is 11.1 Å². The molecule has 0 saturated carbocycles. The monoisotopic (exact) mass is 424 g/mol. The Labute approximate surface area is 177 Å². The number of nitrogens with zero attached hydrogens (tertiary/aromatic N) is 1. The summed E-state index contributed by atoms with van der Waals surface area (Å²) in [6.07, 6.45) is 1.18. The summed E-state index contributed by atoms with van der Waals surface area (Å²) < 4.78 is 31.5. The predicted molar refractivity (Wildman–Crippen MR) is 119 cm³/mol. The summed E-state index contributed by atoms with van der Waals surface area (Å²) >= 11 is 0. The SMILES string of the molecule is Cc1ccc(CN(c2ccc(OCC(=O)Nc3ccccc3)cc2)S(C)(=O)=O)cc1. The first-order chi connectivity index (χ1) is 14.3. The number of aryl methyl sites for hydroxylation is 1. The smallest absolute Gasteiger partial charge is 0.262 e. The zero-order valence-electron chi connectivity index (χ0n) is 16.9. The first-order valence-electron chi connectivity index (χ1n) is 9.42. The maximum absolute atomic E-state index is 12.3. The molecule has 0 unspecified atom stereocenters. The van der Waals surface area contributed by atoms with Gasteiger partial charge in [-0.15, -0.1) is 0 Å². The Kier molecular flexibility index (Phi) is 6.74. The third kappa shape index (κ3) is 6.09. The number of hydrogen-bond donors (Lipinski definition) is 1. The molecule has 0 fully saturated rings. The molecule has 0 saturated heterocycles. The van der Waals surface area contributed by atoms with Crippen LogP contribution >= 0.6 is 0 Å². The Hall–Kier alpha value is -3.32. The van der Waals surface area contributed by atoms with Crippen molar-refractivity contribution in [3.63, 3.8) is 0 Å². The molecule has 6 nitrogen and oxygen atoms in total. The van der Waals surface area contributed by atoms with Crippen LogP contribution in [0.2, 0.25) is 0 Å². The third-order valence-corrected chi connectivity index (χ3v) is 5.54. The van der Waals surface area contributed by atoms with E-state index in [9.17, 15) is 13.2 Å². The molecule has 0 atom stereocenters. The number of amides is 1. The molecule has 1 N–H and O–H groups in total. The number of ether oxygens (including phenoxy) is 1. The van der Waals surface area contributed by atoms with Crippen LogP contribution in [0, 0.1) is 6.92 Å². The minimum atomic E-state index is -3.47. The van der Waals surface area contributed by atoms with Crippen LogP contribution in [0.4, 0.5) is 11.4 Å². The minimum Gasteiger partial charge on any atom is -0.484 e. The molecule has 156 valence electrons. The zero-order chi connectivity index (χ0) is 21.6. The van der Waals surface area contributed by atoms with Crippen LogP contribution in [0.25, 0.3) is 0 Å². The third-order valence-electron chi connectivity index (χ3n) is 4.40. The van der Waals surface area contributed by atoms with Gasteiger partial charge in [0.2, 0.25) is 10.0 Å². The Morgan fingerprint density at radius 1 is 0.933 bits per heavy atom. The second-order valence-corrected chi connectivity index (χ2v) is 8.86. The van der Waals surface area contributed by atoms with Crippen LogP contribution < -0.4 is 14.4 Å². The van der Waals surface area contributed by atoms with Crippen molar-refractivity contribution in [1.82, 2.24) is 0 Å². The van der Waals surface area contributed by atoms with Crippen molar-refractivity contribution in [2.45, 2.75) is 13.5 Å². The summed E-state index contributed by atoms with van der Waals surface area (Å²) in [7, 11) is -3.47. The largest absolute Gasteiger partial charge is 0.484 e. The molecule has 3 aromatic carbocycles. The van der Waals surface area contributed by atoms with Gasteiger partial charge < -0.3 is 10.1 Å². The lowest BCUT2D eigenvalue weighted by molar-refractivity contribution is -0.118. The van der Waals surface area contributed by atoms with E-state index in [1.165, 1.54) is 10.6 Å². The van der Waals surface area contributed by atoms with Crippen molar-refractivity contribution in [2.24, 2.45) is 0 Å². The van der Waals surface area contributed by atoms with E-state index in [1.807, 2.05) is 49.4 Å². The van der Waals surface area contributed by atoms with Crippen LogP contribution in [-0.2, 0) is 21.4 Å². The van der Waals surface area contributed by atoms with Gasteiger partial charge in [0.05, 0.1) is 18.5 Å². The summed E-state index contributed by atoms with van der Waals surface area (Å²) in [6.45, 7) is 2.07. The first-order valence-corrected chi connectivity index (χ1v) is 11.3. The number of rotatable bonds is 8. The highest BCUT2D eigenvalue weighted by atomic mass is 32.2. The molecule has 3 aromatic rings. The summed E-state index contributed by atoms with van der Waals surface area (Å²) in [6, 6.07) is 23.5. The molecule has 0 spiro atoms. The Morgan fingerprint density at radius 3 is 2.17 bits per heavy atom. The lowest BCUT2D eigenvalue weighted by Gasteiger charge is -2.23. The molecule has 0 bridgehead atoms. The van der Waals surface area contributed by atoms with Gasteiger partial charge in [-0.3, -0.25) is 9.10 Å². The number of para-hydroxylation sites is 1. The average Bonchev–Trinajstić information content (AvgIpc) is 2.72. The van der Waals surface area contributed by atoms with Gasteiger partial charge in [-0.1, -0.05) is 48.0 Å². The van der Waals surface area contributed by atoms with Gasteiger partial charge in [0, 0.05) is 5.69 Å². The van der Waals surface area contributed by atoms with Gasteiger partial charge in [-0.25, -0.2) is 8.42 Å². The number of carbonyl (C=O) groups excluding carboxylic acids is 1. The van der Waals surface area contributed by atoms with Gasteiger partial charge in [-0.05, 0) is 48.9 Å². The standard InChI is InChI=1S/C23H24N2O4S/c1-18-8-10-19(11-9-18)16-25(30(2,27)28)21-12-14-22(15-13-21)29-17-23(26)24-20-6-4-3-5-7-20/h3-15H,16-17H2,1-2H3,(H,24,26). The van der Waals surface area contributed by atoms with Gasteiger partial charge in [0.1, 0.15) is 5.75 Å². The normalized spacial score (nSPS) is 11.0. The van der Waals surface area contributed by atoms with E-state index in [-0.39, 0.29) is 19.1 Å². The number of anilines is 2. The highest BCUT2D eigenvalue weighted by Gasteiger charge is 2.18. The fourth-order valence-electron chi connectivity index (χ4n) is 2.84. The van der Waals surface area contributed by atoms with Crippen molar-refractivity contribution >= 4 is 27.3 Å². The van der Waals surface area contributed by atoms with E-state index >= 15 is 0 Å². The van der Waals surface area contributed by atoms with Crippen molar-refractivity contribution in [1.29, 1.82) is 0 Å². The van der Waals surface area contributed by atoms with Crippen LogP contribution in [-0.4, -0.2) is 27.2 Å². The summed E-state index contributed by atoms with van der Waals surface area (Å²) in [4.78, 5) is 12.0. The van der Waals surface area contributed by atoms with Gasteiger partial charge >= 0.3 is 0 Å². The molecule has 0 heterocycles. The predicted octanol–water partition coefficient (Wildman–Crippen LogP) is 3.98. The second-order valence-electron chi connectivity index (χ2n) is 6.95. The molecule has 0 aliphatic heterocycles. The molecule has 0 aliphatic rings. The topological polar surface area (TPSA) is 75.7 Å². The molecular weight excluding hydrogens is 400 g/mol. The molecule has 0 aliphatic carbocycles. The quantitative estimate of drug-likeness (QED) is 0.594. The molecule has 7 heteroatoms. The number of nitrogens with one attached hydrogen (secondary N) is 1. The van der Waals surface area contributed by atoms with Crippen molar-refractivity contribution in [3.05, 3.63) is 90.0 Å². The summed E-state index contributed by atoms with van der Waals surface area (Å²) in [5, 5.41) is 2.74. The van der Waals surface area contributed by atoms with E-state index < -0.39 is 10.0 Å². The average molecular weight is 425 g/mol. The van der Waals surface area contributed by atoms with E-state index in [2.05, 4.69) is 5.32 Å². The van der Waals surface area contributed by atoms with Gasteiger partial charge in [0.15, 0.2) is 6.61 Å². The first kappa shape index (κ1) is 21.4. The molecule has 30 heavy (non-hydrogen) atoms. The number of carbonyl (C=O) groups is 1. The number of hydrogen-bond acceptors (Lipinski definition) is 4. The highest BCUT2D eigenvalue weighted by Crippen LogP contribution is 2.24. The van der Waals surface area contributed by atoms with Gasteiger partial charge in [-0.2, -0.15) is 0 Å². The number of sulfonamides is 1. The minimum absolute atomic E-state index is 0.145. The van der Waals surface area contributed by atoms with E-state index in [0.29, 0.717) is 17.1 Å². The zero-order valence-corrected chi connectivity index (χ0v) is 17.7. The molecular formula is C23H24N2O4S. The summed E-state index contributed by atoms with van der Waals surface area (Å²) in [5.74, 6) is 0.202.